The Bertz CT molecular complexity index is 932. The van der Waals surface area contributed by atoms with Crippen molar-refractivity contribution >= 4 is 44.2 Å². The molecule has 4 rings (SSSR count). The fourth-order valence-electron chi connectivity index (χ4n) is 2.66. The normalized spacial score (nSPS) is 13.4. The van der Waals surface area contributed by atoms with Gasteiger partial charge in [-0.2, -0.15) is 0 Å². The van der Waals surface area contributed by atoms with Gasteiger partial charge in [-0.05, 0) is 11.6 Å². The molecule has 0 saturated heterocycles. The number of thiazole rings is 1. The number of hydrogen-bond acceptors (Lipinski definition) is 6. The number of benzene rings is 2. The van der Waals surface area contributed by atoms with E-state index in [-0.39, 0.29) is 19.1 Å². The molecular formula is C19H17ClN2O4S. The van der Waals surface area contributed by atoms with E-state index in [9.17, 15) is 4.79 Å². The lowest BCUT2D eigenvalue weighted by atomic mass is 10.2. The van der Waals surface area contributed by atoms with Crippen LogP contribution in [0.15, 0.2) is 36.4 Å². The van der Waals surface area contributed by atoms with E-state index in [4.69, 9.17) is 25.8 Å². The third-order valence-electron chi connectivity index (χ3n) is 3.95. The van der Waals surface area contributed by atoms with Crippen molar-refractivity contribution in [2.24, 2.45) is 0 Å². The molecule has 1 aliphatic rings. The van der Waals surface area contributed by atoms with Crippen LogP contribution in [0.4, 0.5) is 5.13 Å². The smallest absolute Gasteiger partial charge is 0.252 e. The lowest BCUT2D eigenvalue weighted by molar-refractivity contribution is -0.121. The number of aromatic nitrogens is 1. The highest BCUT2D eigenvalue weighted by Gasteiger charge is 2.15. The number of nitrogens with one attached hydrogen (secondary N) is 1. The summed E-state index contributed by atoms with van der Waals surface area (Å²) in [6, 6.07) is 11.1. The molecular weight excluding hydrogens is 388 g/mol. The minimum Gasteiger partial charge on any atom is -0.490 e. The Balaban J connectivity index is 1.38. The van der Waals surface area contributed by atoms with Crippen LogP contribution in [0.3, 0.4) is 0 Å². The Morgan fingerprint density at radius 1 is 1.22 bits per heavy atom. The Labute approximate surface area is 165 Å². The van der Waals surface area contributed by atoms with Crippen LogP contribution < -0.4 is 14.8 Å². The van der Waals surface area contributed by atoms with Crippen LogP contribution in [-0.2, 0) is 16.1 Å². The van der Waals surface area contributed by atoms with Crippen molar-refractivity contribution in [2.75, 3.05) is 25.1 Å². The van der Waals surface area contributed by atoms with E-state index >= 15 is 0 Å². The van der Waals surface area contributed by atoms with Crippen LogP contribution in [0.25, 0.3) is 10.2 Å². The standard InChI is InChI=1S/C19H17ClN2O4S/c20-13-5-2-1-4-12(13)10-24-11-18(23)22-19-21-14-8-15-16(9-17(14)27-19)26-7-3-6-25-15/h1-2,4-5,8-9H,3,6-7,10-11H2,(H,21,22,23). The van der Waals surface area contributed by atoms with E-state index in [1.165, 1.54) is 11.3 Å². The molecule has 3 aromatic rings. The maximum absolute atomic E-state index is 12.1. The Morgan fingerprint density at radius 2 is 2.00 bits per heavy atom. The average Bonchev–Trinajstić information content (AvgIpc) is 2.88. The predicted molar refractivity (Wildman–Crippen MR) is 105 cm³/mol. The third kappa shape index (κ3) is 4.32. The van der Waals surface area contributed by atoms with Crippen LogP contribution in [0, 0.1) is 0 Å². The first-order valence-corrected chi connectivity index (χ1v) is 9.70. The maximum atomic E-state index is 12.1. The molecule has 0 fully saturated rings. The highest BCUT2D eigenvalue weighted by atomic mass is 35.5. The molecule has 0 unspecified atom stereocenters. The zero-order valence-corrected chi connectivity index (χ0v) is 15.9. The van der Waals surface area contributed by atoms with E-state index in [1.807, 2.05) is 30.3 Å². The van der Waals surface area contributed by atoms with Gasteiger partial charge in [-0.15, -0.1) is 0 Å². The SMILES string of the molecule is O=C(COCc1ccccc1Cl)Nc1nc2cc3c(cc2s1)OCCCO3. The summed E-state index contributed by atoms with van der Waals surface area (Å²) in [5.74, 6) is 1.13. The summed E-state index contributed by atoms with van der Waals surface area (Å²) in [6.07, 6.45) is 0.852. The zero-order chi connectivity index (χ0) is 18.6. The largest absolute Gasteiger partial charge is 0.490 e. The lowest BCUT2D eigenvalue weighted by Gasteiger charge is -2.05. The summed E-state index contributed by atoms with van der Waals surface area (Å²) in [5, 5.41) is 3.89. The quantitative estimate of drug-likeness (QED) is 0.687. The number of anilines is 1. The number of halogens is 1. The van der Waals surface area contributed by atoms with Gasteiger partial charge in [-0.3, -0.25) is 10.1 Å². The third-order valence-corrected chi connectivity index (χ3v) is 5.25. The first-order valence-electron chi connectivity index (χ1n) is 8.50. The van der Waals surface area contributed by atoms with Gasteiger partial charge in [0.25, 0.3) is 5.91 Å². The van der Waals surface area contributed by atoms with Gasteiger partial charge in [-0.1, -0.05) is 41.1 Å². The molecule has 2 heterocycles. The molecule has 0 saturated carbocycles. The number of carbonyl (C=O) groups excluding carboxylic acids is 1. The number of carbonyl (C=O) groups is 1. The monoisotopic (exact) mass is 404 g/mol. The van der Waals surface area contributed by atoms with E-state index in [1.54, 1.807) is 6.07 Å². The predicted octanol–water partition coefficient (Wildman–Crippen LogP) is 4.27. The van der Waals surface area contributed by atoms with E-state index in [0.29, 0.717) is 34.9 Å². The van der Waals surface area contributed by atoms with Crippen molar-refractivity contribution in [3.8, 4) is 11.5 Å². The number of amides is 1. The molecule has 1 aromatic heterocycles. The van der Waals surface area contributed by atoms with Crippen molar-refractivity contribution in [3.63, 3.8) is 0 Å². The van der Waals surface area contributed by atoms with Crippen LogP contribution in [0.1, 0.15) is 12.0 Å². The molecule has 1 amide bonds. The molecule has 27 heavy (non-hydrogen) atoms. The Kier molecular flexibility index (Phi) is 5.42. The van der Waals surface area contributed by atoms with Crippen molar-refractivity contribution < 1.29 is 19.0 Å². The highest BCUT2D eigenvalue weighted by molar-refractivity contribution is 7.22. The summed E-state index contributed by atoms with van der Waals surface area (Å²) in [6.45, 7) is 1.44. The summed E-state index contributed by atoms with van der Waals surface area (Å²) in [7, 11) is 0. The minimum atomic E-state index is -0.268. The molecule has 0 aliphatic carbocycles. The molecule has 8 heteroatoms. The second-order valence-corrected chi connectivity index (χ2v) is 7.41. The Morgan fingerprint density at radius 3 is 2.81 bits per heavy atom. The van der Waals surface area contributed by atoms with Gasteiger partial charge in [0.15, 0.2) is 16.6 Å². The first-order chi connectivity index (χ1) is 13.2. The fourth-order valence-corrected chi connectivity index (χ4v) is 3.75. The maximum Gasteiger partial charge on any atom is 0.252 e. The van der Waals surface area contributed by atoms with Gasteiger partial charge in [0.05, 0.1) is 30.0 Å². The van der Waals surface area contributed by atoms with Gasteiger partial charge < -0.3 is 14.2 Å². The highest BCUT2D eigenvalue weighted by Crippen LogP contribution is 2.37. The topological polar surface area (TPSA) is 69.7 Å². The number of ether oxygens (including phenoxy) is 3. The van der Waals surface area contributed by atoms with E-state index < -0.39 is 0 Å². The summed E-state index contributed by atoms with van der Waals surface area (Å²) >= 11 is 7.45. The van der Waals surface area contributed by atoms with Gasteiger partial charge in [0, 0.05) is 23.6 Å². The summed E-state index contributed by atoms with van der Waals surface area (Å²) in [5.41, 5.74) is 1.60. The molecule has 0 atom stereocenters. The van der Waals surface area contributed by atoms with Crippen molar-refractivity contribution in [3.05, 3.63) is 47.0 Å². The molecule has 2 aromatic carbocycles. The summed E-state index contributed by atoms with van der Waals surface area (Å²) < 4.78 is 17.7. The molecule has 0 spiro atoms. The second kappa shape index (κ2) is 8.12. The van der Waals surface area contributed by atoms with E-state index in [0.717, 1.165) is 22.2 Å². The lowest BCUT2D eigenvalue weighted by Crippen LogP contribution is -2.18. The number of hydrogen-bond donors (Lipinski definition) is 1. The zero-order valence-electron chi connectivity index (χ0n) is 14.4. The Hall–Kier alpha value is -2.35. The number of fused-ring (bicyclic) bond motifs is 2. The molecule has 1 N–H and O–H groups in total. The molecule has 0 radical (unpaired) electrons. The van der Waals surface area contributed by atoms with Gasteiger partial charge in [0.1, 0.15) is 6.61 Å². The number of nitrogens with zero attached hydrogens (tertiary/aromatic N) is 1. The van der Waals surface area contributed by atoms with Crippen molar-refractivity contribution in [1.82, 2.24) is 4.98 Å². The van der Waals surface area contributed by atoms with Gasteiger partial charge in [-0.25, -0.2) is 4.98 Å². The minimum absolute atomic E-state index is 0.0795. The van der Waals surface area contributed by atoms with Crippen molar-refractivity contribution in [1.29, 1.82) is 0 Å². The molecule has 0 bridgehead atoms. The van der Waals surface area contributed by atoms with Gasteiger partial charge in [0.2, 0.25) is 0 Å². The molecule has 6 nitrogen and oxygen atoms in total. The van der Waals surface area contributed by atoms with E-state index in [2.05, 4.69) is 10.3 Å². The van der Waals surface area contributed by atoms with Crippen LogP contribution in [0.5, 0.6) is 11.5 Å². The fraction of sp³-hybridized carbons (Fsp3) is 0.263. The second-order valence-electron chi connectivity index (χ2n) is 5.97. The van der Waals surface area contributed by atoms with Crippen LogP contribution in [0.2, 0.25) is 5.02 Å². The molecule has 140 valence electrons. The van der Waals surface area contributed by atoms with Crippen LogP contribution in [-0.4, -0.2) is 30.7 Å². The molecule has 1 aliphatic heterocycles. The van der Waals surface area contributed by atoms with Gasteiger partial charge >= 0.3 is 0 Å². The first kappa shape index (κ1) is 18.0. The van der Waals surface area contributed by atoms with Crippen molar-refractivity contribution in [2.45, 2.75) is 13.0 Å². The number of rotatable bonds is 5. The van der Waals surface area contributed by atoms with Crippen LogP contribution >= 0.6 is 22.9 Å². The summed E-state index contributed by atoms with van der Waals surface area (Å²) in [4.78, 5) is 16.6. The average molecular weight is 405 g/mol.